The number of carbonyl (C=O) groups excluding carboxylic acids is 4. The van der Waals surface area contributed by atoms with Crippen molar-refractivity contribution in [2.24, 2.45) is 0 Å². The Hall–Kier alpha value is -7.67. The molecule has 0 aromatic heterocycles. The Morgan fingerprint density at radius 3 is 1.43 bits per heavy atom. The van der Waals surface area contributed by atoms with Gasteiger partial charge in [0.2, 0.25) is 5.83 Å². The van der Waals surface area contributed by atoms with E-state index in [-0.39, 0.29) is 31.4 Å². The highest BCUT2D eigenvalue weighted by Crippen LogP contribution is 2.39. The molecule has 0 heterocycles. The first-order chi connectivity index (χ1) is 36.6. The number of hydrogen-bond acceptors (Lipinski definition) is 12. The van der Waals surface area contributed by atoms with Crippen molar-refractivity contribution in [2.75, 3.05) is 33.0 Å². The monoisotopic (exact) mass is 1020 g/mol. The van der Waals surface area contributed by atoms with Crippen molar-refractivity contribution in [3.05, 3.63) is 151 Å². The van der Waals surface area contributed by atoms with Crippen molar-refractivity contribution in [1.29, 1.82) is 0 Å². The Morgan fingerprint density at radius 1 is 0.480 bits per heavy atom. The van der Waals surface area contributed by atoms with Gasteiger partial charge in [0.15, 0.2) is 0 Å². The van der Waals surface area contributed by atoms with Gasteiger partial charge in [-0.25, -0.2) is 9.59 Å². The maximum absolute atomic E-state index is 13.2. The minimum atomic E-state index is -1.09. The van der Waals surface area contributed by atoms with Gasteiger partial charge < -0.3 is 37.9 Å². The maximum atomic E-state index is 13.2. The third kappa shape index (κ3) is 19.9. The molecular formula is C62H69FO12. The molecule has 0 saturated heterocycles. The topological polar surface area (TPSA) is 142 Å². The zero-order valence-electron chi connectivity index (χ0n) is 43.1. The van der Waals surface area contributed by atoms with Crippen LogP contribution in [0.5, 0.6) is 40.2 Å². The number of carbonyl (C=O) groups is 4. The van der Waals surface area contributed by atoms with Crippen molar-refractivity contribution in [3.63, 3.8) is 0 Å². The molecule has 75 heavy (non-hydrogen) atoms. The number of aryl methyl sites for hydroxylation is 2. The van der Waals surface area contributed by atoms with Crippen LogP contribution >= 0.6 is 0 Å². The lowest BCUT2D eigenvalue weighted by Gasteiger charge is -2.15. The lowest BCUT2D eigenvalue weighted by atomic mass is 10.0. The molecule has 0 saturated carbocycles. The first kappa shape index (κ1) is 56.6. The Kier molecular flexibility index (Phi) is 23.5. The minimum absolute atomic E-state index is 0.158. The smallest absolute Gasteiger partial charge is 0.366 e. The summed E-state index contributed by atoms with van der Waals surface area (Å²) in [7, 11) is 0. The van der Waals surface area contributed by atoms with Gasteiger partial charge >= 0.3 is 23.9 Å². The number of halogens is 1. The van der Waals surface area contributed by atoms with Crippen LogP contribution in [0.2, 0.25) is 0 Å². The minimum Gasteiger partial charge on any atom is -0.494 e. The summed E-state index contributed by atoms with van der Waals surface area (Å²) in [5.74, 6) is 0.889. The molecule has 0 amide bonds. The van der Waals surface area contributed by atoms with E-state index < -0.39 is 17.8 Å². The summed E-state index contributed by atoms with van der Waals surface area (Å²) in [6.07, 6.45) is 13.7. The van der Waals surface area contributed by atoms with Crippen LogP contribution in [0, 0.1) is 0 Å². The molecule has 6 aromatic rings. The van der Waals surface area contributed by atoms with E-state index in [1.807, 2.05) is 103 Å². The Balaban J connectivity index is 1.03. The normalized spacial score (nSPS) is 10.9. The molecule has 0 spiro atoms. The van der Waals surface area contributed by atoms with Crippen LogP contribution in [0.3, 0.4) is 0 Å². The molecule has 0 radical (unpaired) electrons. The highest BCUT2D eigenvalue weighted by Gasteiger charge is 2.16. The van der Waals surface area contributed by atoms with E-state index in [1.165, 1.54) is 12.5 Å². The van der Waals surface area contributed by atoms with E-state index in [1.54, 1.807) is 12.1 Å². The second-order valence-corrected chi connectivity index (χ2v) is 18.1. The summed E-state index contributed by atoms with van der Waals surface area (Å²) < 4.78 is 58.5. The molecular weight excluding hydrogens is 956 g/mol. The van der Waals surface area contributed by atoms with E-state index in [2.05, 4.69) is 20.1 Å². The summed E-state index contributed by atoms with van der Waals surface area (Å²) in [6, 6.07) is 35.7. The fourth-order valence-electron chi connectivity index (χ4n) is 8.08. The molecule has 0 bridgehead atoms. The summed E-state index contributed by atoms with van der Waals surface area (Å²) >= 11 is 0. The van der Waals surface area contributed by atoms with Gasteiger partial charge in [0, 0.05) is 24.3 Å². The molecule has 0 aliphatic carbocycles. The quantitative estimate of drug-likeness (QED) is 0.0125. The average Bonchev–Trinajstić information content (AvgIpc) is 3.42. The molecule has 12 nitrogen and oxygen atoms in total. The lowest BCUT2D eigenvalue weighted by Crippen LogP contribution is -2.09. The van der Waals surface area contributed by atoms with E-state index in [9.17, 15) is 23.6 Å². The molecule has 13 heteroatoms. The molecule has 6 rings (SSSR count). The number of fused-ring (bicyclic) bond motifs is 3. The van der Waals surface area contributed by atoms with Crippen LogP contribution in [0.4, 0.5) is 4.39 Å². The number of benzene rings is 6. The third-order valence-electron chi connectivity index (χ3n) is 12.2. The number of hydrogen-bond donors (Lipinski definition) is 0. The zero-order chi connectivity index (χ0) is 53.0. The van der Waals surface area contributed by atoms with Gasteiger partial charge in [0.25, 0.3) is 0 Å². The standard InChI is InChI=1S/C62H69FO12/c1-4-6-7-12-37-70-51-27-29-52(30-28-51)73-58-43-48-42-53(74-60(65)35-21-46-17-23-49(24-18-46)68-38-13-8-10-15-40-71-59(64)5-2)31-33-55(48)56-34-32-54(44-57(56)58)75-61(66)36-22-47-19-25-50(26-20-47)69-39-14-9-11-16-41-72-62(67)45(3)63/h5,17-20,23-34,42-44H,2-4,6-16,21-22,35-41H2,1H3. The number of rotatable bonds is 34. The second kappa shape index (κ2) is 31.2. The van der Waals surface area contributed by atoms with E-state index in [4.69, 9.17) is 37.9 Å². The molecule has 0 aliphatic rings. The second-order valence-electron chi connectivity index (χ2n) is 18.1. The summed E-state index contributed by atoms with van der Waals surface area (Å²) in [5, 5.41) is 3.27. The number of ether oxygens (including phenoxy) is 8. The van der Waals surface area contributed by atoms with Crippen LogP contribution in [0.1, 0.15) is 108 Å². The van der Waals surface area contributed by atoms with Crippen LogP contribution in [-0.4, -0.2) is 56.9 Å². The largest absolute Gasteiger partial charge is 0.494 e. The van der Waals surface area contributed by atoms with Crippen molar-refractivity contribution in [1.82, 2.24) is 0 Å². The molecule has 396 valence electrons. The predicted octanol–water partition coefficient (Wildman–Crippen LogP) is 14.5. The Labute approximate surface area is 439 Å². The van der Waals surface area contributed by atoms with Gasteiger partial charge in [0.05, 0.1) is 33.0 Å². The van der Waals surface area contributed by atoms with Crippen LogP contribution in [0.25, 0.3) is 21.5 Å². The zero-order valence-corrected chi connectivity index (χ0v) is 43.1. The maximum Gasteiger partial charge on any atom is 0.366 e. The SMILES string of the molecule is C=CC(=O)OCCCCCCOc1ccc(CCC(=O)Oc2ccc3c(c2)cc(Oc2ccc(OCCCCCC)cc2)c2cc(OC(=O)CCc4ccc(OCCCCCCOC(=O)C(=C)F)cc4)ccc23)cc1. The average molecular weight is 1030 g/mol. The Bertz CT molecular complexity index is 2790. The fraction of sp³-hybridized carbons (Fsp3) is 0.355. The van der Waals surface area contributed by atoms with Gasteiger partial charge in [-0.3, -0.25) is 9.59 Å². The molecule has 0 N–H and O–H groups in total. The summed E-state index contributed by atoms with van der Waals surface area (Å²) in [6.45, 7) is 10.8. The highest BCUT2D eigenvalue weighted by molar-refractivity contribution is 6.11. The first-order valence-corrected chi connectivity index (χ1v) is 26.1. The number of unbranched alkanes of at least 4 members (excludes halogenated alkanes) is 9. The predicted molar refractivity (Wildman–Crippen MR) is 289 cm³/mol. The van der Waals surface area contributed by atoms with E-state index in [0.717, 1.165) is 114 Å². The van der Waals surface area contributed by atoms with Crippen LogP contribution in [-0.2, 0) is 41.5 Å². The van der Waals surface area contributed by atoms with Gasteiger partial charge in [0.1, 0.15) is 40.2 Å². The first-order valence-electron chi connectivity index (χ1n) is 26.1. The molecule has 0 unspecified atom stereocenters. The van der Waals surface area contributed by atoms with E-state index in [0.29, 0.717) is 68.7 Å². The lowest BCUT2D eigenvalue weighted by molar-refractivity contribution is -0.141. The van der Waals surface area contributed by atoms with Crippen LogP contribution in [0.15, 0.2) is 140 Å². The van der Waals surface area contributed by atoms with Gasteiger partial charge in [-0.1, -0.05) is 69.7 Å². The van der Waals surface area contributed by atoms with Crippen molar-refractivity contribution < 1.29 is 61.5 Å². The summed E-state index contributed by atoms with van der Waals surface area (Å²) in [5.41, 5.74) is 1.95. The molecule has 6 aromatic carbocycles. The van der Waals surface area contributed by atoms with Gasteiger partial charge in [-0.2, -0.15) is 4.39 Å². The molecule has 0 atom stereocenters. The van der Waals surface area contributed by atoms with Gasteiger partial charge in [-0.15, -0.1) is 0 Å². The summed E-state index contributed by atoms with van der Waals surface area (Å²) in [4.78, 5) is 48.7. The fourth-order valence-corrected chi connectivity index (χ4v) is 8.08. The van der Waals surface area contributed by atoms with Gasteiger partial charge in [-0.05, 0) is 183 Å². The third-order valence-corrected chi connectivity index (χ3v) is 12.2. The number of esters is 4. The van der Waals surface area contributed by atoms with Crippen molar-refractivity contribution in [2.45, 2.75) is 110 Å². The molecule has 0 fully saturated rings. The Morgan fingerprint density at radius 2 is 0.920 bits per heavy atom. The van der Waals surface area contributed by atoms with Crippen molar-refractivity contribution >= 4 is 45.4 Å². The molecule has 0 aliphatic heterocycles. The van der Waals surface area contributed by atoms with Crippen LogP contribution < -0.4 is 28.4 Å². The highest BCUT2D eigenvalue weighted by atomic mass is 19.1. The van der Waals surface area contributed by atoms with E-state index >= 15 is 0 Å². The van der Waals surface area contributed by atoms with Crippen molar-refractivity contribution in [3.8, 4) is 40.2 Å².